The van der Waals surface area contributed by atoms with E-state index in [0.717, 1.165) is 17.7 Å². The zero-order valence-corrected chi connectivity index (χ0v) is 15.3. The molecule has 0 saturated carbocycles. The molecule has 6 nitrogen and oxygen atoms in total. The Hall–Kier alpha value is -2.46. The number of alkyl halides is 3. The van der Waals surface area contributed by atoms with E-state index in [2.05, 4.69) is 4.98 Å². The third kappa shape index (κ3) is 4.02. The van der Waals surface area contributed by atoms with Gasteiger partial charge in [-0.2, -0.15) is 13.2 Å². The van der Waals surface area contributed by atoms with Crippen LogP contribution in [0.1, 0.15) is 17.5 Å². The maximum atomic E-state index is 13.3. The van der Waals surface area contributed by atoms with E-state index in [9.17, 15) is 31.5 Å². The summed E-state index contributed by atoms with van der Waals surface area (Å²) in [7, 11) is -4.38. The Kier molecular flexibility index (Phi) is 5.44. The van der Waals surface area contributed by atoms with Crippen molar-refractivity contribution in [2.75, 3.05) is 6.54 Å². The molecule has 0 spiro atoms. The van der Waals surface area contributed by atoms with E-state index >= 15 is 0 Å². The van der Waals surface area contributed by atoms with Gasteiger partial charge in [0.25, 0.3) is 0 Å². The minimum absolute atomic E-state index is 0.159. The van der Waals surface area contributed by atoms with Gasteiger partial charge in [-0.15, -0.1) is 0 Å². The molecule has 0 radical (unpaired) electrons. The number of nitrogens with zero attached hydrogens (tertiary/aromatic N) is 2. The molecule has 1 aromatic heterocycles. The monoisotopic (exact) mass is 414 g/mol. The number of benzene rings is 1. The number of hydrogen-bond acceptors (Lipinski definition) is 5. The molecule has 0 amide bonds. The summed E-state index contributed by atoms with van der Waals surface area (Å²) in [4.78, 5) is 16.1. The van der Waals surface area contributed by atoms with Crippen molar-refractivity contribution in [1.82, 2.24) is 9.88 Å². The molecule has 2 heterocycles. The highest BCUT2D eigenvalue weighted by molar-refractivity contribution is 7.92. The van der Waals surface area contributed by atoms with Gasteiger partial charge in [-0.3, -0.25) is 14.7 Å². The third-order valence-corrected chi connectivity index (χ3v) is 6.91. The fraction of sp³-hybridized carbons (Fsp3) is 0.333. The molecular formula is C18H17F3N2O4S. The van der Waals surface area contributed by atoms with Crippen LogP contribution >= 0.6 is 0 Å². The van der Waals surface area contributed by atoms with Crippen molar-refractivity contribution < 1.29 is 31.5 Å². The van der Waals surface area contributed by atoms with Crippen molar-refractivity contribution in [1.29, 1.82) is 0 Å². The molecule has 2 atom stereocenters. The number of hydrogen-bond donors (Lipinski definition) is 1. The van der Waals surface area contributed by atoms with Gasteiger partial charge in [0.15, 0.2) is 9.84 Å². The molecule has 2 unspecified atom stereocenters. The lowest BCUT2D eigenvalue weighted by Crippen LogP contribution is -2.35. The van der Waals surface area contributed by atoms with Gasteiger partial charge in [0, 0.05) is 25.5 Å². The van der Waals surface area contributed by atoms with Gasteiger partial charge in [-0.05, 0) is 36.2 Å². The molecule has 1 N–H and O–H groups in total. The van der Waals surface area contributed by atoms with Crippen LogP contribution in [0.25, 0.3) is 0 Å². The average molecular weight is 414 g/mol. The minimum Gasteiger partial charge on any atom is -0.480 e. The van der Waals surface area contributed by atoms with Crippen molar-refractivity contribution >= 4 is 15.8 Å². The first kappa shape index (κ1) is 20.3. The zero-order chi connectivity index (χ0) is 20.5. The van der Waals surface area contributed by atoms with E-state index in [4.69, 9.17) is 0 Å². The first-order chi connectivity index (χ1) is 13.1. The highest BCUT2D eigenvalue weighted by atomic mass is 32.2. The van der Waals surface area contributed by atoms with Gasteiger partial charge < -0.3 is 5.11 Å². The van der Waals surface area contributed by atoms with E-state index in [-0.39, 0.29) is 19.5 Å². The van der Waals surface area contributed by atoms with Crippen LogP contribution in [-0.2, 0) is 27.4 Å². The maximum absolute atomic E-state index is 13.3. The molecule has 3 rings (SSSR count). The fourth-order valence-corrected chi connectivity index (χ4v) is 5.31. The Labute approximate surface area is 159 Å². The van der Waals surface area contributed by atoms with Crippen LogP contribution in [-0.4, -0.2) is 47.2 Å². The lowest BCUT2D eigenvalue weighted by Gasteiger charge is -2.21. The standard InChI is InChI=1S/C18H17F3N2O4S/c19-18(20,21)14-3-1-2-4-16(14)28(26,27)13-9-15(17(24)25)23(11-13)10-12-5-7-22-8-6-12/h1-8,13,15H,9-11H2,(H,24,25). The van der Waals surface area contributed by atoms with E-state index in [0.29, 0.717) is 6.07 Å². The molecule has 1 fully saturated rings. The number of carboxylic acids is 1. The van der Waals surface area contributed by atoms with E-state index < -0.39 is 43.7 Å². The molecule has 1 saturated heterocycles. The molecule has 0 aliphatic carbocycles. The molecule has 1 aromatic carbocycles. The van der Waals surface area contributed by atoms with Crippen LogP contribution in [0.2, 0.25) is 0 Å². The summed E-state index contributed by atoms with van der Waals surface area (Å²) in [6, 6.07) is 6.20. The summed E-state index contributed by atoms with van der Waals surface area (Å²) >= 11 is 0. The van der Waals surface area contributed by atoms with Gasteiger partial charge in [0.05, 0.1) is 15.7 Å². The van der Waals surface area contributed by atoms with E-state index in [1.165, 1.54) is 23.4 Å². The van der Waals surface area contributed by atoms with Crippen LogP contribution < -0.4 is 0 Å². The van der Waals surface area contributed by atoms with E-state index in [1.807, 2.05) is 0 Å². The minimum atomic E-state index is -4.83. The second-order valence-corrected chi connectivity index (χ2v) is 8.73. The van der Waals surface area contributed by atoms with Crippen LogP contribution in [0.3, 0.4) is 0 Å². The first-order valence-electron chi connectivity index (χ1n) is 8.36. The van der Waals surface area contributed by atoms with Crippen LogP contribution in [0.5, 0.6) is 0 Å². The fourth-order valence-electron chi connectivity index (χ4n) is 3.37. The Morgan fingerprint density at radius 3 is 2.43 bits per heavy atom. The van der Waals surface area contributed by atoms with Gasteiger partial charge in [0.2, 0.25) is 0 Å². The second-order valence-electron chi connectivity index (χ2n) is 6.54. The third-order valence-electron chi connectivity index (χ3n) is 4.72. The van der Waals surface area contributed by atoms with Crippen molar-refractivity contribution in [2.45, 2.75) is 35.3 Å². The molecule has 0 bridgehead atoms. The van der Waals surface area contributed by atoms with Crippen molar-refractivity contribution in [2.24, 2.45) is 0 Å². The number of carboxylic acid groups (broad SMARTS) is 1. The first-order valence-corrected chi connectivity index (χ1v) is 9.91. The number of likely N-dealkylation sites (tertiary alicyclic amines) is 1. The number of aromatic nitrogens is 1. The summed E-state index contributed by atoms with van der Waals surface area (Å²) in [5.74, 6) is -1.21. The van der Waals surface area contributed by atoms with Gasteiger partial charge in [-0.25, -0.2) is 8.42 Å². The number of rotatable bonds is 5. The molecule has 1 aliphatic rings. The van der Waals surface area contributed by atoms with Gasteiger partial charge in [0.1, 0.15) is 6.04 Å². The predicted octanol–water partition coefficient (Wildman–Crippen LogP) is 2.60. The zero-order valence-electron chi connectivity index (χ0n) is 14.5. The molecule has 1 aliphatic heterocycles. The largest absolute Gasteiger partial charge is 0.480 e. The normalized spacial score (nSPS) is 21.0. The Morgan fingerprint density at radius 2 is 1.82 bits per heavy atom. The van der Waals surface area contributed by atoms with Gasteiger partial charge in [-0.1, -0.05) is 12.1 Å². The number of sulfone groups is 1. The highest BCUT2D eigenvalue weighted by Crippen LogP contribution is 2.37. The van der Waals surface area contributed by atoms with E-state index in [1.54, 1.807) is 12.1 Å². The smallest absolute Gasteiger partial charge is 0.417 e. The predicted molar refractivity (Wildman–Crippen MR) is 93.1 cm³/mol. The molecular weight excluding hydrogens is 397 g/mol. The highest BCUT2D eigenvalue weighted by Gasteiger charge is 2.46. The van der Waals surface area contributed by atoms with Crippen molar-refractivity contribution in [3.63, 3.8) is 0 Å². The Bertz CT molecular complexity index is 964. The summed E-state index contributed by atoms with van der Waals surface area (Å²) in [6.07, 6.45) is -2.07. The number of aliphatic carboxylic acids is 1. The summed E-state index contributed by atoms with van der Waals surface area (Å²) in [5, 5.41) is 8.22. The quantitative estimate of drug-likeness (QED) is 0.809. The molecule has 2 aromatic rings. The lowest BCUT2D eigenvalue weighted by molar-refractivity contribution is -0.142. The lowest BCUT2D eigenvalue weighted by atomic mass is 10.2. The van der Waals surface area contributed by atoms with Crippen LogP contribution in [0, 0.1) is 0 Å². The molecule has 10 heteroatoms. The molecule has 28 heavy (non-hydrogen) atoms. The summed E-state index contributed by atoms with van der Waals surface area (Å²) < 4.78 is 65.7. The average Bonchev–Trinajstić information content (AvgIpc) is 3.07. The topological polar surface area (TPSA) is 87.6 Å². The number of pyridine rings is 1. The second kappa shape index (κ2) is 7.51. The van der Waals surface area contributed by atoms with Gasteiger partial charge >= 0.3 is 12.1 Å². The SMILES string of the molecule is O=C(O)C1CC(S(=O)(=O)c2ccccc2C(F)(F)F)CN1Cc1ccncc1. The van der Waals surface area contributed by atoms with Crippen molar-refractivity contribution in [3.8, 4) is 0 Å². The van der Waals surface area contributed by atoms with Crippen molar-refractivity contribution in [3.05, 3.63) is 59.9 Å². The summed E-state index contributed by atoms with van der Waals surface area (Å²) in [6.45, 7) is -0.0137. The number of carbonyl (C=O) groups is 1. The maximum Gasteiger partial charge on any atom is 0.417 e. The number of halogens is 3. The summed E-state index contributed by atoms with van der Waals surface area (Å²) in [5.41, 5.74) is -0.510. The van der Waals surface area contributed by atoms with Crippen LogP contribution in [0.15, 0.2) is 53.7 Å². The molecule has 150 valence electrons. The van der Waals surface area contributed by atoms with Crippen LogP contribution in [0.4, 0.5) is 13.2 Å². The Balaban J connectivity index is 1.93. The Morgan fingerprint density at radius 1 is 1.18 bits per heavy atom.